The summed E-state index contributed by atoms with van der Waals surface area (Å²) in [5.74, 6) is 0.848. The predicted octanol–water partition coefficient (Wildman–Crippen LogP) is 2.98. The van der Waals surface area contributed by atoms with Gasteiger partial charge in [0, 0.05) is 12.5 Å². The Morgan fingerprint density at radius 1 is 1.64 bits per heavy atom. The third-order valence-electron chi connectivity index (χ3n) is 1.86. The molecule has 4 heteroatoms. The van der Waals surface area contributed by atoms with Crippen molar-refractivity contribution in [2.24, 2.45) is 0 Å². The molecular weight excluding hydrogens is 200 g/mol. The first-order valence-corrected chi connectivity index (χ1v) is 5.16. The monoisotopic (exact) mass is 214 g/mol. The molecule has 0 fully saturated rings. The summed E-state index contributed by atoms with van der Waals surface area (Å²) in [4.78, 5) is 11.1. The molecule has 0 amide bonds. The second-order valence-corrected chi connectivity index (χ2v) is 3.52. The van der Waals surface area contributed by atoms with E-state index in [2.05, 4.69) is 12.6 Å². The summed E-state index contributed by atoms with van der Waals surface area (Å²) in [7, 11) is 0. The van der Waals surface area contributed by atoms with Crippen LogP contribution in [0, 0.1) is 0 Å². The molecular formula is C10H14O3S. The van der Waals surface area contributed by atoms with Gasteiger partial charge in [-0.3, -0.25) is 4.79 Å². The summed E-state index contributed by atoms with van der Waals surface area (Å²) in [5.41, 5.74) is 0. The van der Waals surface area contributed by atoms with Gasteiger partial charge in [0.1, 0.15) is 0 Å². The molecule has 0 radical (unpaired) electrons. The second kappa shape index (κ2) is 5.10. The summed E-state index contributed by atoms with van der Waals surface area (Å²) < 4.78 is 10.3. The van der Waals surface area contributed by atoms with Crippen LogP contribution in [0.15, 0.2) is 16.7 Å². The van der Waals surface area contributed by atoms with Crippen LogP contribution in [-0.4, -0.2) is 5.97 Å². The molecule has 14 heavy (non-hydrogen) atoms. The van der Waals surface area contributed by atoms with Crippen molar-refractivity contribution in [2.45, 2.75) is 31.9 Å². The highest BCUT2D eigenvalue weighted by Crippen LogP contribution is 2.32. The summed E-state index contributed by atoms with van der Waals surface area (Å²) in [5, 5.41) is -0.0235. The summed E-state index contributed by atoms with van der Waals surface area (Å²) in [6.45, 7) is 3.74. The Bertz CT molecular complexity index is 306. The topological polar surface area (TPSA) is 39.4 Å². The molecule has 1 aromatic heterocycles. The normalized spacial score (nSPS) is 12.5. The first-order valence-electron chi connectivity index (χ1n) is 4.65. The zero-order chi connectivity index (χ0) is 10.6. The van der Waals surface area contributed by atoms with E-state index in [4.69, 9.17) is 9.15 Å². The Hall–Kier alpha value is -0.900. The van der Waals surface area contributed by atoms with Crippen molar-refractivity contribution >= 4 is 18.6 Å². The van der Waals surface area contributed by atoms with Crippen LogP contribution < -0.4 is 4.74 Å². The molecule has 0 saturated carbocycles. The quantitative estimate of drug-likeness (QED) is 0.618. The lowest BCUT2D eigenvalue weighted by atomic mass is 10.2. The molecule has 0 aliphatic rings. The summed E-state index contributed by atoms with van der Waals surface area (Å²) in [6.07, 6.45) is 2.69. The Balaban J connectivity index is 2.77. The SMILES string of the molecule is CCC(=O)Oc1ccoc1C(S)CC. The van der Waals surface area contributed by atoms with E-state index >= 15 is 0 Å². The number of rotatable bonds is 4. The second-order valence-electron chi connectivity index (χ2n) is 2.90. The van der Waals surface area contributed by atoms with Crippen molar-refractivity contribution < 1.29 is 13.9 Å². The average molecular weight is 214 g/mol. The number of thiol groups is 1. The molecule has 3 nitrogen and oxygen atoms in total. The van der Waals surface area contributed by atoms with Crippen molar-refractivity contribution in [2.75, 3.05) is 0 Å². The minimum absolute atomic E-state index is 0.0235. The lowest BCUT2D eigenvalue weighted by molar-refractivity contribution is -0.134. The standard InChI is InChI=1S/C10H14O3S/c1-3-8(14)10-7(5-6-12-10)13-9(11)4-2/h5-6,8,14H,3-4H2,1-2H3. The van der Waals surface area contributed by atoms with Crippen LogP contribution in [0.2, 0.25) is 0 Å². The Labute approximate surface area is 88.8 Å². The van der Waals surface area contributed by atoms with Gasteiger partial charge in [-0.25, -0.2) is 0 Å². The lowest BCUT2D eigenvalue weighted by Gasteiger charge is -2.07. The fraction of sp³-hybridized carbons (Fsp3) is 0.500. The zero-order valence-corrected chi connectivity index (χ0v) is 9.21. The minimum atomic E-state index is -0.260. The highest BCUT2D eigenvalue weighted by molar-refractivity contribution is 7.80. The summed E-state index contributed by atoms with van der Waals surface area (Å²) in [6, 6.07) is 1.64. The van der Waals surface area contributed by atoms with E-state index in [1.54, 1.807) is 13.0 Å². The van der Waals surface area contributed by atoms with Gasteiger partial charge in [-0.05, 0) is 6.42 Å². The molecule has 0 aromatic carbocycles. The fourth-order valence-corrected chi connectivity index (χ4v) is 1.20. The molecule has 0 saturated heterocycles. The maximum Gasteiger partial charge on any atom is 0.311 e. The molecule has 0 aliphatic carbocycles. The Morgan fingerprint density at radius 2 is 2.36 bits per heavy atom. The number of carbonyl (C=O) groups is 1. The van der Waals surface area contributed by atoms with E-state index in [9.17, 15) is 4.79 Å². The van der Waals surface area contributed by atoms with Crippen molar-refractivity contribution in [3.8, 4) is 5.75 Å². The van der Waals surface area contributed by atoms with Gasteiger partial charge >= 0.3 is 5.97 Å². The van der Waals surface area contributed by atoms with Crippen molar-refractivity contribution in [1.82, 2.24) is 0 Å². The Kier molecular flexibility index (Phi) is 4.07. The van der Waals surface area contributed by atoms with Gasteiger partial charge < -0.3 is 9.15 Å². The molecule has 1 atom stereocenters. The smallest absolute Gasteiger partial charge is 0.311 e. The average Bonchev–Trinajstić information content (AvgIpc) is 2.64. The van der Waals surface area contributed by atoms with Gasteiger partial charge in [-0.2, -0.15) is 12.6 Å². The number of furan rings is 1. The molecule has 0 spiro atoms. The van der Waals surface area contributed by atoms with Crippen LogP contribution in [0.25, 0.3) is 0 Å². The number of ether oxygens (including phenoxy) is 1. The Morgan fingerprint density at radius 3 is 2.93 bits per heavy atom. The van der Waals surface area contributed by atoms with Crippen LogP contribution in [0.5, 0.6) is 5.75 Å². The van der Waals surface area contributed by atoms with Crippen molar-refractivity contribution in [3.63, 3.8) is 0 Å². The predicted molar refractivity (Wildman–Crippen MR) is 56.7 cm³/mol. The van der Waals surface area contributed by atoms with Crippen LogP contribution in [0.3, 0.4) is 0 Å². The van der Waals surface area contributed by atoms with E-state index in [1.807, 2.05) is 6.92 Å². The molecule has 1 unspecified atom stereocenters. The molecule has 78 valence electrons. The summed E-state index contributed by atoms with van der Waals surface area (Å²) >= 11 is 4.32. The van der Waals surface area contributed by atoms with Gasteiger partial charge in [0.25, 0.3) is 0 Å². The van der Waals surface area contributed by atoms with E-state index in [-0.39, 0.29) is 11.2 Å². The lowest BCUT2D eigenvalue weighted by Crippen LogP contribution is -2.06. The van der Waals surface area contributed by atoms with Gasteiger partial charge in [0.15, 0.2) is 11.5 Å². The number of carbonyl (C=O) groups excluding carboxylic acids is 1. The molecule has 0 aliphatic heterocycles. The third-order valence-corrected chi connectivity index (χ3v) is 2.46. The highest BCUT2D eigenvalue weighted by Gasteiger charge is 2.16. The minimum Gasteiger partial charge on any atom is -0.464 e. The van der Waals surface area contributed by atoms with E-state index in [0.717, 1.165) is 6.42 Å². The first-order chi connectivity index (χ1) is 6.69. The molecule has 1 rings (SSSR count). The van der Waals surface area contributed by atoms with Gasteiger partial charge in [-0.1, -0.05) is 13.8 Å². The molecule has 0 N–H and O–H groups in total. The first kappa shape index (κ1) is 11.2. The zero-order valence-electron chi connectivity index (χ0n) is 8.32. The van der Waals surface area contributed by atoms with Crippen LogP contribution in [0.4, 0.5) is 0 Å². The molecule has 1 aromatic rings. The van der Waals surface area contributed by atoms with Crippen LogP contribution >= 0.6 is 12.6 Å². The number of esters is 1. The van der Waals surface area contributed by atoms with Gasteiger partial charge in [-0.15, -0.1) is 0 Å². The van der Waals surface area contributed by atoms with Gasteiger partial charge in [0.05, 0.1) is 11.5 Å². The van der Waals surface area contributed by atoms with Crippen molar-refractivity contribution in [3.05, 3.63) is 18.1 Å². The molecule has 1 heterocycles. The fourth-order valence-electron chi connectivity index (χ4n) is 1.02. The van der Waals surface area contributed by atoms with Gasteiger partial charge in [0.2, 0.25) is 0 Å². The third kappa shape index (κ3) is 2.54. The number of hydrogen-bond acceptors (Lipinski definition) is 4. The van der Waals surface area contributed by atoms with Crippen LogP contribution in [-0.2, 0) is 4.79 Å². The van der Waals surface area contributed by atoms with E-state index in [0.29, 0.717) is 17.9 Å². The molecule has 0 bridgehead atoms. The van der Waals surface area contributed by atoms with E-state index in [1.165, 1.54) is 6.26 Å². The maximum absolute atomic E-state index is 11.1. The van der Waals surface area contributed by atoms with Crippen LogP contribution in [0.1, 0.15) is 37.7 Å². The maximum atomic E-state index is 11.1. The van der Waals surface area contributed by atoms with Crippen molar-refractivity contribution in [1.29, 1.82) is 0 Å². The van der Waals surface area contributed by atoms with E-state index < -0.39 is 0 Å². The largest absolute Gasteiger partial charge is 0.464 e. The highest BCUT2D eigenvalue weighted by atomic mass is 32.1. The number of hydrogen-bond donors (Lipinski definition) is 1.